The Kier molecular flexibility index (Phi) is 7.86. The van der Waals surface area contributed by atoms with Gasteiger partial charge in [0.2, 0.25) is 6.79 Å². The van der Waals surface area contributed by atoms with Gasteiger partial charge in [0.1, 0.15) is 0 Å². The second-order valence-corrected chi connectivity index (χ2v) is 7.92. The van der Waals surface area contributed by atoms with Gasteiger partial charge in [-0.15, -0.1) is 24.0 Å². The summed E-state index contributed by atoms with van der Waals surface area (Å²) in [6.07, 6.45) is 2.33. The fourth-order valence-corrected chi connectivity index (χ4v) is 3.88. The van der Waals surface area contributed by atoms with Crippen LogP contribution in [0.4, 0.5) is 0 Å². The molecule has 3 aliphatic rings. The molecule has 29 heavy (non-hydrogen) atoms. The molecular weight excluding hydrogens is 483 g/mol. The Balaban J connectivity index is 0.00000240. The lowest BCUT2D eigenvalue weighted by Crippen LogP contribution is -2.49. The summed E-state index contributed by atoms with van der Waals surface area (Å²) in [6.45, 7) is 10.9. The number of morpholine rings is 1. The van der Waals surface area contributed by atoms with Gasteiger partial charge in [-0.05, 0) is 44.4 Å². The third-order valence-electron chi connectivity index (χ3n) is 5.96. The van der Waals surface area contributed by atoms with Gasteiger partial charge in [-0.3, -0.25) is 9.89 Å². The fourth-order valence-electron chi connectivity index (χ4n) is 3.88. The summed E-state index contributed by atoms with van der Waals surface area (Å²) in [4.78, 5) is 7.38. The van der Waals surface area contributed by atoms with Crippen molar-refractivity contribution in [3.05, 3.63) is 23.8 Å². The maximum Gasteiger partial charge on any atom is 0.231 e. The van der Waals surface area contributed by atoms with Crippen molar-refractivity contribution in [2.24, 2.45) is 4.99 Å². The normalized spacial score (nSPS) is 21.2. The van der Waals surface area contributed by atoms with Crippen molar-refractivity contribution in [1.29, 1.82) is 0 Å². The molecule has 7 nitrogen and oxygen atoms in total. The van der Waals surface area contributed by atoms with Crippen molar-refractivity contribution in [3.63, 3.8) is 0 Å². The van der Waals surface area contributed by atoms with E-state index < -0.39 is 0 Å². The summed E-state index contributed by atoms with van der Waals surface area (Å²) >= 11 is 0. The molecule has 1 aromatic rings. The molecule has 0 radical (unpaired) electrons. The first kappa shape index (κ1) is 22.4. The van der Waals surface area contributed by atoms with E-state index in [1.54, 1.807) is 0 Å². The Labute approximate surface area is 190 Å². The standard InChI is InChI=1S/C21H32N4O3.HI/c1-3-22-20(23-13-16(2)25-8-10-26-11-9-25)24-14-21(6-7-21)17-4-5-18-19(12-17)28-15-27-18;/h4-5,12,16H,3,6-11,13-15H2,1-2H3,(H2,22,23,24);1H. The smallest absolute Gasteiger partial charge is 0.231 e. The molecule has 2 fully saturated rings. The highest BCUT2D eigenvalue weighted by molar-refractivity contribution is 14.0. The van der Waals surface area contributed by atoms with Crippen LogP contribution in [0.5, 0.6) is 11.5 Å². The molecule has 2 N–H and O–H groups in total. The molecule has 1 unspecified atom stereocenters. The van der Waals surface area contributed by atoms with E-state index in [1.165, 1.54) is 18.4 Å². The van der Waals surface area contributed by atoms with E-state index in [2.05, 4.69) is 41.5 Å². The second kappa shape index (κ2) is 10.2. The first-order valence-electron chi connectivity index (χ1n) is 10.4. The number of nitrogens with zero attached hydrogens (tertiary/aromatic N) is 2. The molecule has 1 saturated carbocycles. The molecule has 1 aromatic carbocycles. The first-order chi connectivity index (χ1) is 13.7. The fraction of sp³-hybridized carbons (Fsp3) is 0.667. The summed E-state index contributed by atoms with van der Waals surface area (Å²) in [5, 5.41) is 6.91. The van der Waals surface area contributed by atoms with Crippen LogP contribution >= 0.6 is 24.0 Å². The molecule has 2 aliphatic heterocycles. The molecule has 0 bridgehead atoms. The zero-order chi connectivity index (χ0) is 19.4. The minimum Gasteiger partial charge on any atom is -0.454 e. The van der Waals surface area contributed by atoms with Crippen molar-refractivity contribution >= 4 is 29.9 Å². The van der Waals surface area contributed by atoms with Crippen LogP contribution in [-0.4, -0.2) is 69.6 Å². The van der Waals surface area contributed by atoms with Crippen LogP contribution in [0, 0.1) is 0 Å². The molecule has 1 saturated heterocycles. The highest BCUT2D eigenvalue weighted by Crippen LogP contribution is 2.50. The molecular formula is C21H33IN4O3. The number of nitrogens with one attached hydrogen (secondary N) is 2. The highest BCUT2D eigenvalue weighted by Gasteiger charge is 2.44. The lowest BCUT2D eigenvalue weighted by atomic mass is 9.96. The molecule has 2 heterocycles. The third kappa shape index (κ3) is 5.46. The Hall–Kier alpha value is -1.26. The monoisotopic (exact) mass is 516 g/mol. The van der Waals surface area contributed by atoms with Crippen molar-refractivity contribution in [2.45, 2.75) is 38.1 Å². The van der Waals surface area contributed by atoms with Crippen LogP contribution in [0.3, 0.4) is 0 Å². The Morgan fingerprint density at radius 1 is 1.17 bits per heavy atom. The molecule has 162 valence electrons. The Morgan fingerprint density at radius 3 is 2.66 bits per heavy atom. The lowest BCUT2D eigenvalue weighted by Gasteiger charge is -2.32. The lowest BCUT2D eigenvalue weighted by molar-refractivity contribution is 0.0211. The van der Waals surface area contributed by atoms with Gasteiger partial charge < -0.3 is 24.8 Å². The predicted molar refractivity (Wildman–Crippen MR) is 125 cm³/mol. The van der Waals surface area contributed by atoms with Gasteiger partial charge in [-0.25, -0.2) is 0 Å². The summed E-state index contributed by atoms with van der Waals surface area (Å²) < 4.78 is 16.4. The van der Waals surface area contributed by atoms with Crippen LogP contribution < -0.4 is 20.1 Å². The topological polar surface area (TPSA) is 67.4 Å². The minimum atomic E-state index is 0. The number of rotatable bonds is 7. The quantitative estimate of drug-likeness (QED) is 0.330. The maximum atomic E-state index is 5.55. The molecule has 0 amide bonds. The number of aliphatic imine (C=N–C) groups is 1. The van der Waals surface area contributed by atoms with E-state index in [4.69, 9.17) is 19.2 Å². The van der Waals surface area contributed by atoms with Gasteiger partial charge in [0, 0.05) is 37.6 Å². The van der Waals surface area contributed by atoms with Crippen molar-refractivity contribution < 1.29 is 14.2 Å². The number of ether oxygens (including phenoxy) is 3. The Morgan fingerprint density at radius 2 is 1.93 bits per heavy atom. The molecule has 1 aliphatic carbocycles. The number of hydrogen-bond acceptors (Lipinski definition) is 5. The summed E-state index contributed by atoms with van der Waals surface area (Å²) in [5.41, 5.74) is 1.44. The summed E-state index contributed by atoms with van der Waals surface area (Å²) in [6, 6.07) is 6.77. The van der Waals surface area contributed by atoms with E-state index in [0.717, 1.165) is 63.4 Å². The molecule has 1 atom stereocenters. The van der Waals surface area contributed by atoms with Crippen molar-refractivity contribution in [2.75, 3.05) is 52.7 Å². The molecule has 0 aromatic heterocycles. The molecule has 4 rings (SSSR count). The number of halogens is 1. The van der Waals surface area contributed by atoms with Crippen LogP contribution in [0.1, 0.15) is 32.3 Å². The van der Waals surface area contributed by atoms with Crippen LogP contribution in [0.15, 0.2) is 23.2 Å². The molecule has 8 heteroatoms. The number of hydrogen-bond donors (Lipinski definition) is 2. The van der Waals surface area contributed by atoms with E-state index in [-0.39, 0.29) is 29.4 Å². The summed E-state index contributed by atoms with van der Waals surface area (Å²) in [5.74, 6) is 2.60. The van der Waals surface area contributed by atoms with Crippen molar-refractivity contribution in [3.8, 4) is 11.5 Å². The van der Waals surface area contributed by atoms with E-state index in [9.17, 15) is 0 Å². The zero-order valence-corrected chi connectivity index (χ0v) is 19.7. The Bertz CT molecular complexity index is 705. The van der Waals surface area contributed by atoms with Gasteiger partial charge in [-0.1, -0.05) is 6.07 Å². The average Bonchev–Trinajstić information content (AvgIpc) is 3.38. The molecule has 0 spiro atoms. The van der Waals surface area contributed by atoms with Crippen molar-refractivity contribution in [1.82, 2.24) is 15.5 Å². The van der Waals surface area contributed by atoms with Crippen LogP contribution in [-0.2, 0) is 10.2 Å². The van der Waals surface area contributed by atoms with Crippen LogP contribution in [0.25, 0.3) is 0 Å². The SMILES string of the molecule is CCNC(=NCC1(c2ccc3c(c2)OCO3)CC1)NCC(C)N1CCOCC1.I. The number of benzene rings is 1. The number of guanidine groups is 1. The van der Waals surface area contributed by atoms with Gasteiger partial charge in [0.15, 0.2) is 17.5 Å². The highest BCUT2D eigenvalue weighted by atomic mass is 127. The maximum absolute atomic E-state index is 5.55. The van der Waals surface area contributed by atoms with E-state index >= 15 is 0 Å². The van der Waals surface area contributed by atoms with Crippen LogP contribution in [0.2, 0.25) is 0 Å². The predicted octanol–water partition coefficient (Wildman–Crippen LogP) is 2.34. The minimum absolute atomic E-state index is 0. The van der Waals surface area contributed by atoms with Gasteiger partial charge in [-0.2, -0.15) is 0 Å². The zero-order valence-electron chi connectivity index (χ0n) is 17.4. The van der Waals surface area contributed by atoms with E-state index in [0.29, 0.717) is 12.8 Å². The first-order valence-corrected chi connectivity index (χ1v) is 10.4. The van der Waals surface area contributed by atoms with Gasteiger partial charge >= 0.3 is 0 Å². The second-order valence-electron chi connectivity index (χ2n) is 7.92. The number of fused-ring (bicyclic) bond motifs is 1. The van der Waals surface area contributed by atoms with E-state index in [1.807, 2.05) is 6.07 Å². The summed E-state index contributed by atoms with van der Waals surface area (Å²) in [7, 11) is 0. The van der Waals surface area contributed by atoms with Gasteiger partial charge in [0.05, 0.1) is 19.8 Å². The largest absolute Gasteiger partial charge is 0.454 e. The third-order valence-corrected chi connectivity index (χ3v) is 5.96. The van der Waals surface area contributed by atoms with Gasteiger partial charge in [0.25, 0.3) is 0 Å². The average molecular weight is 516 g/mol.